The Balaban J connectivity index is 2.30. The lowest BCUT2D eigenvalue weighted by molar-refractivity contribution is 0.0537. The zero-order valence-electron chi connectivity index (χ0n) is 10.0. The smallest absolute Gasteiger partial charge is 0.129 e. The van der Waals surface area contributed by atoms with Crippen molar-refractivity contribution < 1.29 is 13.9 Å². The zero-order chi connectivity index (χ0) is 13.2. The van der Waals surface area contributed by atoms with E-state index in [1.165, 1.54) is 31.2 Å². The molecule has 94 valence electrons. The van der Waals surface area contributed by atoms with E-state index in [0.29, 0.717) is 5.56 Å². The molecule has 0 bridgehead atoms. The minimum absolute atomic E-state index is 0.158. The first-order valence-corrected chi connectivity index (χ1v) is 5.71. The second-order valence-electron chi connectivity index (χ2n) is 4.56. The number of aliphatic hydroxyl groups is 1. The first-order valence-electron chi connectivity index (χ1n) is 5.71. The Bertz CT molecular complexity index is 550. The molecule has 0 saturated heterocycles. The fourth-order valence-corrected chi connectivity index (χ4v) is 2.04. The average Bonchev–Trinajstić information content (AvgIpc) is 2.28. The van der Waals surface area contributed by atoms with E-state index in [9.17, 15) is 13.9 Å². The molecular weight excluding hydrogens is 234 g/mol. The van der Waals surface area contributed by atoms with Crippen LogP contribution in [0.3, 0.4) is 0 Å². The summed E-state index contributed by atoms with van der Waals surface area (Å²) >= 11 is 0. The molecule has 18 heavy (non-hydrogen) atoms. The predicted molar refractivity (Wildman–Crippen MR) is 66.1 cm³/mol. The highest BCUT2D eigenvalue weighted by atomic mass is 19.1. The largest absolute Gasteiger partial charge is 0.385 e. The van der Waals surface area contributed by atoms with Crippen LogP contribution in [0.25, 0.3) is 0 Å². The van der Waals surface area contributed by atoms with E-state index in [4.69, 9.17) is 0 Å². The zero-order valence-corrected chi connectivity index (χ0v) is 10.0. The molecule has 0 aromatic heterocycles. The molecule has 0 aliphatic rings. The van der Waals surface area contributed by atoms with Crippen LogP contribution in [-0.2, 0) is 12.0 Å². The lowest BCUT2D eigenvalue weighted by atomic mass is 9.89. The molecular formula is C15H14F2O. The van der Waals surface area contributed by atoms with Crippen molar-refractivity contribution >= 4 is 0 Å². The van der Waals surface area contributed by atoms with Crippen molar-refractivity contribution in [3.8, 4) is 0 Å². The molecule has 1 atom stereocenters. The topological polar surface area (TPSA) is 20.2 Å². The summed E-state index contributed by atoms with van der Waals surface area (Å²) in [4.78, 5) is 0. The molecule has 0 spiro atoms. The van der Waals surface area contributed by atoms with Crippen LogP contribution in [0.15, 0.2) is 48.5 Å². The van der Waals surface area contributed by atoms with Gasteiger partial charge in [0.1, 0.15) is 11.6 Å². The number of rotatable bonds is 3. The summed E-state index contributed by atoms with van der Waals surface area (Å²) in [5.74, 6) is -0.823. The minimum atomic E-state index is -1.36. The highest BCUT2D eigenvalue weighted by molar-refractivity contribution is 5.27. The summed E-state index contributed by atoms with van der Waals surface area (Å²) in [6.07, 6.45) is 0.158. The molecule has 0 heterocycles. The van der Waals surface area contributed by atoms with E-state index in [1.54, 1.807) is 24.3 Å². The average molecular weight is 248 g/mol. The fourth-order valence-electron chi connectivity index (χ4n) is 2.04. The molecule has 0 radical (unpaired) electrons. The van der Waals surface area contributed by atoms with E-state index in [-0.39, 0.29) is 17.8 Å². The first-order chi connectivity index (χ1) is 8.49. The summed E-state index contributed by atoms with van der Waals surface area (Å²) in [6.45, 7) is 1.52. The molecule has 0 saturated carbocycles. The van der Waals surface area contributed by atoms with Crippen molar-refractivity contribution in [2.24, 2.45) is 0 Å². The molecule has 2 aromatic carbocycles. The number of halogens is 2. The second kappa shape index (κ2) is 4.86. The third-order valence-corrected chi connectivity index (χ3v) is 2.89. The van der Waals surface area contributed by atoms with Gasteiger partial charge in [-0.15, -0.1) is 0 Å². The summed E-state index contributed by atoms with van der Waals surface area (Å²) in [7, 11) is 0. The maximum absolute atomic E-state index is 13.6. The highest BCUT2D eigenvalue weighted by Crippen LogP contribution is 2.27. The SMILES string of the molecule is CC(O)(Cc1cccc(F)c1)c1ccccc1F. The molecule has 0 aliphatic carbocycles. The fraction of sp³-hybridized carbons (Fsp3) is 0.200. The van der Waals surface area contributed by atoms with Gasteiger partial charge in [-0.1, -0.05) is 30.3 Å². The lowest BCUT2D eigenvalue weighted by Crippen LogP contribution is -2.25. The Hall–Kier alpha value is -1.74. The monoisotopic (exact) mass is 248 g/mol. The Morgan fingerprint density at radius 3 is 2.44 bits per heavy atom. The van der Waals surface area contributed by atoms with Gasteiger partial charge in [0.05, 0.1) is 5.60 Å². The quantitative estimate of drug-likeness (QED) is 0.882. The number of benzene rings is 2. The predicted octanol–water partition coefficient (Wildman–Crippen LogP) is 3.42. The molecule has 1 nitrogen and oxygen atoms in total. The van der Waals surface area contributed by atoms with Crippen molar-refractivity contribution in [1.82, 2.24) is 0 Å². The van der Waals surface area contributed by atoms with E-state index < -0.39 is 11.4 Å². The van der Waals surface area contributed by atoms with Crippen molar-refractivity contribution in [2.45, 2.75) is 18.9 Å². The van der Waals surface area contributed by atoms with Crippen molar-refractivity contribution in [2.75, 3.05) is 0 Å². The summed E-state index contributed by atoms with van der Waals surface area (Å²) in [5, 5.41) is 10.3. The molecule has 0 fully saturated rings. The molecule has 1 N–H and O–H groups in total. The van der Waals surface area contributed by atoms with Crippen LogP contribution in [0.5, 0.6) is 0 Å². The highest BCUT2D eigenvalue weighted by Gasteiger charge is 2.26. The van der Waals surface area contributed by atoms with Crippen molar-refractivity contribution in [3.05, 3.63) is 71.3 Å². The first kappa shape index (κ1) is 12.7. The number of hydrogen-bond donors (Lipinski definition) is 1. The van der Waals surface area contributed by atoms with Gasteiger partial charge in [0, 0.05) is 12.0 Å². The van der Waals surface area contributed by atoms with Gasteiger partial charge in [0.2, 0.25) is 0 Å². The second-order valence-corrected chi connectivity index (χ2v) is 4.56. The molecule has 2 aromatic rings. The lowest BCUT2D eigenvalue weighted by Gasteiger charge is -2.24. The molecule has 1 unspecified atom stereocenters. The van der Waals surface area contributed by atoms with Gasteiger partial charge in [-0.25, -0.2) is 8.78 Å². The third-order valence-electron chi connectivity index (χ3n) is 2.89. The van der Waals surface area contributed by atoms with Crippen LogP contribution in [-0.4, -0.2) is 5.11 Å². The Morgan fingerprint density at radius 2 is 1.78 bits per heavy atom. The van der Waals surface area contributed by atoms with Gasteiger partial charge in [-0.2, -0.15) is 0 Å². The van der Waals surface area contributed by atoms with Gasteiger partial charge in [0.15, 0.2) is 0 Å². The normalized spacial score (nSPS) is 14.2. The van der Waals surface area contributed by atoms with Crippen LogP contribution in [0.4, 0.5) is 8.78 Å². The molecule has 0 aliphatic heterocycles. The Morgan fingerprint density at radius 1 is 1.06 bits per heavy atom. The standard InChI is InChI=1S/C15H14F2O/c1-15(18,13-7-2-3-8-14(13)17)10-11-5-4-6-12(16)9-11/h2-9,18H,10H2,1H3. The van der Waals surface area contributed by atoms with Gasteiger partial charge >= 0.3 is 0 Å². The Kier molecular flexibility index (Phi) is 3.43. The number of hydrogen-bond acceptors (Lipinski definition) is 1. The van der Waals surface area contributed by atoms with Crippen LogP contribution < -0.4 is 0 Å². The Labute approximate surface area is 105 Å². The van der Waals surface area contributed by atoms with Gasteiger partial charge < -0.3 is 5.11 Å². The van der Waals surface area contributed by atoms with Gasteiger partial charge in [0.25, 0.3) is 0 Å². The van der Waals surface area contributed by atoms with Crippen molar-refractivity contribution in [3.63, 3.8) is 0 Å². The van der Waals surface area contributed by atoms with E-state index in [1.807, 2.05) is 0 Å². The molecule has 3 heteroatoms. The third kappa shape index (κ3) is 2.74. The van der Waals surface area contributed by atoms with Gasteiger partial charge in [-0.05, 0) is 30.7 Å². The maximum atomic E-state index is 13.6. The van der Waals surface area contributed by atoms with Crippen LogP contribution in [0.1, 0.15) is 18.1 Å². The summed E-state index contributed by atoms with van der Waals surface area (Å²) in [5.41, 5.74) is -0.517. The van der Waals surface area contributed by atoms with E-state index in [2.05, 4.69) is 0 Å². The molecule has 2 rings (SSSR count). The van der Waals surface area contributed by atoms with Crippen LogP contribution >= 0.6 is 0 Å². The summed E-state index contributed by atoms with van der Waals surface area (Å²) < 4.78 is 26.7. The van der Waals surface area contributed by atoms with Crippen LogP contribution in [0, 0.1) is 11.6 Å². The maximum Gasteiger partial charge on any atom is 0.129 e. The van der Waals surface area contributed by atoms with Gasteiger partial charge in [-0.3, -0.25) is 0 Å². The summed E-state index contributed by atoms with van der Waals surface area (Å²) in [6, 6.07) is 12.0. The minimum Gasteiger partial charge on any atom is -0.385 e. The van der Waals surface area contributed by atoms with E-state index >= 15 is 0 Å². The van der Waals surface area contributed by atoms with E-state index in [0.717, 1.165) is 0 Å². The van der Waals surface area contributed by atoms with Crippen LogP contribution in [0.2, 0.25) is 0 Å². The van der Waals surface area contributed by atoms with Crippen molar-refractivity contribution in [1.29, 1.82) is 0 Å². The molecule has 0 amide bonds.